The van der Waals surface area contributed by atoms with E-state index in [4.69, 9.17) is 0 Å². The molecule has 0 saturated carbocycles. The molecule has 1 unspecified atom stereocenters. The molecule has 0 radical (unpaired) electrons. The van der Waals surface area contributed by atoms with Crippen LogP contribution in [-0.4, -0.2) is 27.3 Å². The van der Waals surface area contributed by atoms with E-state index in [1.165, 1.54) is 6.42 Å². The molecule has 1 aromatic carbocycles. The summed E-state index contributed by atoms with van der Waals surface area (Å²) in [5, 5.41) is 15.1. The van der Waals surface area contributed by atoms with E-state index in [0.29, 0.717) is 18.1 Å². The Morgan fingerprint density at radius 2 is 2.15 bits per heavy atom. The van der Waals surface area contributed by atoms with Crippen LogP contribution >= 0.6 is 24.0 Å². The van der Waals surface area contributed by atoms with Gasteiger partial charge in [0, 0.05) is 19.5 Å². The number of nitrogens with zero attached hydrogens (tertiary/aromatic N) is 4. The quantitative estimate of drug-likeness (QED) is 0.386. The lowest BCUT2D eigenvalue weighted by Gasteiger charge is -2.19. The van der Waals surface area contributed by atoms with Crippen LogP contribution in [0.1, 0.15) is 55.5 Å². The van der Waals surface area contributed by atoms with Crippen molar-refractivity contribution >= 4 is 29.9 Å². The summed E-state index contributed by atoms with van der Waals surface area (Å²) in [5.41, 5.74) is 1.54. The third-order valence-electron chi connectivity index (χ3n) is 4.71. The molecule has 3 rings (SSSR count). The first-order chi connectivity index (χ1) is 12.6. The first kappa shape index (κ1) is 21.6. The van der Waals surface area contributed by atoms with Crippen molar-refractivity contribution in [1.82, 2.24) is 25.4 Å². The van der Waals surface area contributed by atoms with Crippen LogP contribution in [0.3, 0.4) is 0 Å². The number of aryl methyl sites for hydroxylation is 2. The number of fused-ring (bicyclic) bond motifs is 1. The van der Waals surface area contributed by atoms with Gasteiger partial charge in [0.15, 0.2) is 11.8 Å². The van der Waals surface area contributed by atoms with E-state index in [2.05, 4.69) is 30.4 Å². The molecule has 6 nitrogen and oxygen atoms in total. The van der Waals surface area contributed by atoms with Gasteiger partial charge in [-0.3, -0.25) is 0 Å². The van der Waals surface area contributed by atoms with Gasteiger partial charge in [-0.05, 0) is 50.8 Å². The fourth-order valence-electron chi connectivity index (χ4n) is 3.12. The van der Waals surface area contributed by atoms with E-state index in [9.17, 15) is 4.39 Å². The summed E-state index contributed by atoms with van der Waals surface area (Å²) in [6.07, 6.45) is 3.33. The van der Waals surface area contributed by atoms with Gasteiger partial charge in [0.25, 0.3) is 0 Å². The molecule has 1 aromatic heterocycles. The number of nitrogens with one attached hydrogen (secondary N) is 2. The minimum Gasteiger partial charge on any atom is -0.357 e. The zero-order valence-corrected chi connectivity index (χ0v) is 18.5. The monoisotopic (exact) mass is 486 g/mol. The maximum atomic E-state index is 13.8. The topological polar surface area (TPSA) is 67.1 Å². The lowest BCUT2D eigenvalue weighted by molar-refractivity contribution is 0.508. The summed E-state index contributed by atoms with van der Waals surface area (Å²) in [6.45, 7) is 7.97. The van der Waals surface area contributed by atoms with Crippen molar-refractivity contribution in [2.45, 2.75) is 59.2 Å². The standard InChI is InChI=1S/C19H27FN6.HI/c1-4-21-19(23-14(3)15-9-8-13(2)16(20)11-15)22-12-18-25-24-17-7-5-6-10-26(17)18;/h8-9,11,14H,4-7,10,12H2,1-3H3,(H2,21,22,23);1H. The van der Waals surface area contributed by atoms with Crippen LogP contribution in [0.15, 0.2) is 23.2 Å². The largest absolute Gasteiger partial charge is 0.357 e. The predicted molar refractivity (Wildman–Crippen MR) is 116 cm³/mol. The maximum Gasteiger partial charge on any atom is 0.192 e. The predicted octanol–water partition coefficient (Wildman–Crippen LogP) is 3.50. The summed E-state index contributed by atoms with van der Waals surface area (Å²) < 4.78 is 16.0. The second kappa shape index (κ2) is 10.0. The summed E-state index contributed by atoms with van der Waals surface area (Å²) in [6, 6.07) is 5.25. The van der Waals surface area contributed by atoms with Crippen LogP contribution in [-0.2, 0) is 19.5 Å². The molecule has 8 heteroatoms. The van der Waals surface area contributed by atoms with Crippen molar-refractivity contribution < 1.29 is 4.39 Å². The Morgan fingerprint density at radius 1 is 1.33 bits per heavy atom. The first-order valence-corrected chi connectivity index (χ1v) is 9.30. The Morgan fingerprint density at radius 3 is 2.89 bits per heavy atom. The van der Waals surface area contributed by atoms with Crippen molar-refractivity contribution in [2.75, 3.05) is 6.54 Å². The highest BCUT2D eigenvalue weighted by atomic mass is 127. The summed E-state index contributed by atoms with van der Waals surface area (Å²) >= 11 is 0. The second-order valence-corrected chi connectivity index (χ2v) is 6.71. The Balaban J connectivity index is 0.00000261. The number of aromatic nitrogens is 3. The fraction of sp³-hybridized carbons (Fsp3) is 0.526. The molecule has 0 saturated heterocycles. The molecule has 1 aliphatic rings. The Bertz CT molecular complexity index is 789. The molecular formula is C19H28FIN6. The van der Waals surface area contributed by atoms with E-state index in [1.807, 2.05) is 19.9 Å². The zero-order valence-electron chi connectivity index (χ0n) is 16.1. The summed E-state index contributed by atoms with van der Waals surface area (Å²) in [4.78, 5) is 4.65. The molecule has 2 aromatic rings. The van der Waals surface area contributed by atoms with E-state index >= 15 is 0 Å². The van der Waals surface area contributed by atoms with E-state index in [0.717, 1.165) is 43.1 Å². The summed E-state index contributed by atoms with van der Waals surface area (Å²) in [5.74, 6) is 2.45. The van der Waals surface area contributed by atoms with Gasteiger partial charge in [-0.25, -0.2) is 9.38 Å². The van der Waals surface area contributed by atoms with Gasteiger partial charge in [-0.1, -0.05) is 12.1 Å². The highest BCUT2D eigenvalue weighted by Crippen LogP contribution is 2.17. The Hall–Kier alpha value is -1.71. The van der Waals surface area contributed by atoms with Crippen LogP contribution < -0.4 is 10.6 Å². The maximum absolute atomic E-state index is 13.8. The average Bonchev–Trinajstić information content (AvgIpc) is 3.05. The van der Waals surface area contributed by atoms with Crippen LogP contribution in [0, 0.1) is 12.7 Å². The SMILES string of the molecule is CCNC(=NCc1nnc2n1CCCC2)NC(C)c1ccc(C)c(F)c1.I. The molecule has 0 bridgehead atoms. The normalized spacial score (nSPS) is 14.9. The number of rotatable bonds is 5. The molecular weight excluding hydrogens is 458 g/mol. The van der Waals surface area contributed by atoms with Gasteiger partial charge in [0.1, 0.15) is 18.2 Å². The van der Waals surface area contributed by atoms with Gasteiger partial charge >= 0.3 is 0 Å². The number of benzene rings is 1. The van der Waals surface area contributed by atoms with Gasteiger partial charge in [-0.15, -0.1) is 34.2 Å². The number of guanidine groups is 1. The average molecular weight is 486 g/mol. The highest BCUT2D eigenvalue weighted by Gasteiger charge is 2.16. The van der Waals surface area contributed by atoms with Crippen LogP contribution in [0.25, 0.3) is 0 Å². The zero-order chi connectivity index (χ0) is 18.5. The van der Waals surface area contributed by atoms with Crippen LogP contribution in [0.5, 0.6) is 0 Å². The minimum absolute atomic E-state index is 0. The second-order valence-electron chi connectivity index (χ2n) is 6.71. The molecule has 0 spiro atoms. The van der Waals surface area contributed by atoms with E-state index < -0.39 is 0 Å². The third kappa shape index (κ3) is 5.40. The van der Waals surface area contributed by atoms with Gasteiger partial charge < -0.3 is 15.2 Å². The Labute approximate surface area is 177 Å². The first-order valence-electron chi connectivity index (χ1n) is 9.30. The van der Waals surface area contributed by atoms with Crippen molar-refractivity contribution in [2.24, 2.45) is 4.99 Å². The lowest BCUT2D eigenvalue weighted by Crippen LogP contribution is -2.38. The molecule has 148 valence electrons. The van der Waals surface area contributed by atoms with E-state index in [1.54, 1.807) is 19.1 Å². The molecule has 2 N–H and O–H groups in total. The van der Waals surface area contributed by atoms with Gasteiger partial charge in [0.2, 0.25) is 0 Å². The van der Waals surface area contributed by atoms with Crippen LogP contribution in [0.2, 0.25) is 0 Å². The molecule has 2 heterocycles. The smallest absolute Gasteiger partial charge is 0.192 e. The summed E-state index contributed by atoms with van der Waals surface area (Å²) in [7, 11) is 0. The van der Waals surface area contributed by atoms with Gasteiger partial charge in [-0.2, -0.15) is 0 Å². The highest BCUT2D eigenvalue weighted by molar-refractivity contribution is 14.0. The molecule has 0 amide bonds. The molecule has 27 heavy (non-hydrogen) atoms. The van der Waals surface area contributed by atoms with Crippen molar-refractivity contribution in [1.29, 1.82) is 0 Å². The number of aliphatic imine (C=N–C) groups is 1. The van der Waals surface area contributed by atoms with Crippen molar-refractivity contribution in [3.63, 3.8) is 0 Å². The Kier molecular flexibility index (Phi) is 8.00. The molecule has 0 fully saturated rings. The lowest BCUT2D eigenvalue weighted by atomic mass is 10.1. The van der Waals surface area contributed by atoms with Crippen molar-refractivity contribution in [3.8, 4) is 0 Å². The number of halogens is 2. The third-order valence-corrected chi connectivity index (χ3v) is 4.71. The molecule has 0 aliphatic carbocycles. The number of hydrogen-bond donors (Lipinski definition) is 2. The van der Waals surface area contributed by atoms with E-state index in [-0.39, 0.29) is 35.8 Å². The van der Waals surface area contributed by atoms with Crippen LogP contribution in [0.4, 0.5) is 4.39 Å². The number of hydrogen-bond acceptors (Lipinski definition) is 3. The fourth-order valence-corrected chi connectivity index (χ4v) is 3.12. The molecule has 1 atom stereocenters. The molecule has 1 aliphatic heterocycles. The van der Waals surface area contributed by atoms with Crippen molar-refractivity contribution in [3.05, 3.63) is 46.8 Å². The minimum atomic E-state index is -0.187. The van der Waals surface area contributed by atoms with Gasteiger partial charge in [0.05, 0.1) is 6.04 Å².